The average Bonchev–Trinajstić information content (AvgIpc) is 2.68. The van der Waals surface area contributed by atoms with Crippen LogP contribution in [0.2, 0.25) is 5.02 Å². The van der Waals surface area contributed by atoms with Gasteiger partial charge in [-0.1, -0.05) is 11.6 Å². The molecule has 0 radical (unpaired) electrons. The Kier molecular flexibility index (Phi) is 5.74. The fourth-order valence-electron chi connectivity index (χ4n) is 2.63. The summed E-state index contributed by atoms with van der Waals surface area (Å²) in [5.74, 6) is -1.16. The summed E-state index contributed by atoms with van der Waals surface area (Å²) in [7, 11) is 1.42. The van der Waals surface area contributed by atoms with E-state index in [1.54, 1.807) is 12.1 Å². The van der Waals surface area contributed by atoms with Gasteiger partial charge < -0.3 is 10.1 Å². The van der Waals surface area contributed by atoms with Crippen molar-refractivity contribution in [2.45, 2.75) is 6.18 Å². The van der Waals surface area contributed by atoms with Crippen molar-refractivity contribution in [2.24, 2.45) is 0 Å². The third-order valence-corrected chi connectivity index (χ3v) is 4.34. The lowest BCUT2D eigenvalue weighted by atomic mass is 10.1. The summed E-state index contributed by atoms with van der Waals surface area (Å²) in [6.07, 6.45) is -3.20. The number of ether oxygens (including phenoxy) is 1. The first kappa shape index (κ1) is 20.6. The normalized spacial score (nSPS) is 11.2. The molecule has 1 N–H and O–H groups in total. The number of hydrogen-bond donors (Lipinski definition) is 1. The number of carbonyl (C=O) groups excluding carboxylic acids is 1. The first-order valence-corrected chi connectivity index (χ1v) is 8.55. The second kappa shape index (κ2) is 8.08. The summed E-state index contributed by atoms with van der Waals surface area (Å²) < 4.78 is 58.6. The van der Waals surface area contributed by atoms with Crippen LogP contribution in [0.1, 0.15) is 15.9 Å². The van der Waals surface area contributed by atoms with Gasteiger partial charge in [0.2, 0.25) is 0 Å². The SMILES string of the molecule is COc1cccnc1-c1ccc(C(=O)Nc2ccc(Cl)c(C(F)(F)F)c2)cc1F. The van der Waals surface area contributed by atoms with Crippen LogP contribution < -0.4 is 10.1 Å². The molecular weight excluding hydrogens is 412 g/mol. The lowest BCUT2D eigenvalue weighted by molar-refractivity contribution is -0.137. The van der Waals surface area contributed by atoms with E-state index in [-0.39, 0.29) is 22.5 Å². The van der Waals surface area contributed by atoms with E-state index in [2.05, 4.69) is 10.3 Å². The standard InChI is InChI=1S/C20H13ClF4N2O2/c1-29-17-3-2-8-26-18(17)13-6-4-11(9-16(13)22)19(28)27-12-5-7-15(21)14(10-12)20(23,24)25/h2-10H,1H3,(H,27,28). The van der Waals surface area contributed by atoms with E-state index >= 15 is 0 Å². The number of alkyl halides is 3. The molecule has 3 rings (SSSR count). The Bertz CT molecular complexity index is 1070. The quantitative estimate of drug-likeness (QED) is 0.537. The molecule has 0 saturated carbocycles. The van der Waals surface area contributed by atoms with Gasteiger partial charge in [-0.3, -0.25) is 9.78 Å². The number of hydrogen-bond acceptors (Lipinski definition) is 3. The van der Waals surface area contributed by atoms with Crippen molar-refractivity contribution >= 4 is 23.2 Å². The van der Waals surface area contributed by atoms with Crippen LogP contribution in [0.4, 0.5) is 23.2 Å². The molecule has 0 atom stereocenters. The van der Waals surface area contributed by atoms with Gasteiger partial charge in [-0.15, -0.1) is 0 Å². The molecule has 29 heavy (non-hydrogen) atoms. The molecular formula is C20H13ClF4N2O2. The highest BCUT2D eigenvalue weighted by atomic mass is 35.5. The maximum absolute atomic E-state index is 14.6. The third-order valence-electron chi connectivity index (χ3n) is 4.01. The molecule has 1 aromatic heterocycles. The molecule has 0 fully saturated rings. The minimum Gasteiger partial charge on any atom is -0.494 e. The molecule has 3 aromatic rings. The van der Waals surface area contributed by atoms with Crippen LogP contribution in [0.3, 0.4) is 0 Å². The van der Waals surface area contributed by atoms with Crippen LogP contribution in [0.5, 0.6) is 5.75 Å². The number of amides is 1. The number of carbonyl (C=O) groups is 1. The molecule has 1 heterocycles. The van der Waals surface area contributed by atoms with Crippen molar-refractivity contribution in [2.75, 3.05) is 12.4 Å². The molecule has 0 aliphatic carbocycles. The molecule has 0 saturated heterocycles. The summed E-state index contributed by atoms with van der Waals surface area (Å²) >= 11 is 5.56. The van der Waals surface area contributed by atoms with Crippen molar-refractivity contribution in [1.82, 2.24) is 4.98 Å². The third kappa shape index (κ3) is 4.48. The topological polar surface area (TPSA) is 51.2 Å². The largest absolute Gasteiger partial charge is 0.494 e. The summed E-state index contributed by atoms with van der Waals surface area (Å²) in [4.78, 5) is 16.4. The van der Waals surface area contributed by atoms with Crippen molar-refractivity contribution in [3.63, 3.8) is 0 Å². The van der Waals surface area contributed by atoms with Gasteiger partial charge in [0, 0.05) is 23.0 Å². The molecule has 2 aromatic carbocycles. The van der Waals surface area contributed by atoms with Gasteiger partial charge in [0.05, 0.1) is 17.7 Å². The minimum absolute atomic E-state index is 0.0790. The van der Waals surface area contributed by atoms with Crippen molar-refractivity contribution < 1.29 is 27.1 Å². The van der Waals surface area contributed by atoms with E-state index < -0.39 is 28.5 Å². The maximum Gasteiger partial charge on any atom is 0.417 e. The van der Waals surface area contributed by atoms with Gasteiger partial charge in [-0.05, 0) is 48.5 Å². The Morgan fingerprint density at radius 1 is 1.14 bits per heavy atom. The molecule has 1 amide bonds. The first-order valence-electron chi connectivity index (χ1n) is 8.17. The Hall–Kier alpha value is -3.13. The zero-order chi connectivity index (χ0) is 21.2. The summed E-state index contributed by atoms with van der Waals surface area (Å²) in [5, 5.41) is 1.81. The lowest BCUT2D eigenvalue weighted by Gasteiger charge is -2.12. The second-order valence-corrected chi connectivity index (χ2v) is 6.30. The number of pyridine rings is 1. The first-order chi connectivity index (χ1) is 13.7. The van der Waals surface area contributed by atoms with Crippen LogP contribution in [0.15, 0.2) is 54.7 Å². The predicted octanol–water partition coefficient (Wildman–Crippen LogP) is 5.82. The molecule has 150 valence electrons. The van der Waals surface area contributed by atoms with Gasteiger partial charge in [0.1, 0.15) is 17.3 Å². The van der Waals surface area contributed by atoms with E-state index in [0.717, 1.165) is 12.1 Å². The highest BCUT2D eigenvalue weighted by molar-refractivity contribution is 6.31. The molecule has 9 heteroatoms. The zero-order valence-electron chi connectivity index (χ0n) is 14.8. The van der Waals surface area contributed by atoms with E-state index in [9.17, 15) is 22.4 Å². The van der Waals surface area contributed by atoms with Crippen LogP contribution in [-0.2, 0) is 6.18 Å². The van der Waals surface area contributed by atoms with E-state index in [0.29, 0.717) is 11.8 Å². The van der Waals surface area contributed by atoms with E-state index in [1.165, 1.54) is 31.5 Å². The monoisotopic (exact) mass is 424 g/mol. The van der Waals surface area contributed by atoms with Crippen LogP contribution >= 0.6 is 11.6 Å². The average molecular weight is 425 g/mol. The zero-order valence-corrected chi connectivity index (χ0v) is 15.6. The van der Waals surface area contributed by atoms with Crippen LogP contribution in [0, 0.1) is 5.82 Å². The summed E-state index contributed by atoms with van der Waals surface area (Å²) in [5.41, 5.74) is -0.912. The Balaban J connectivity index is 1.87. The molecule has 0 aliphatic heterocycles. The Morgan fingerprint density at radius 2 is 1.90 bits per heavy atom. The van der Waals surface area contributed by atoms with Gasteiger partial charge >= 0.3 is 6.18 Å². The fraction of sp³-hybridized carbons (Fsp3) is 0.100. The number of methoxy groups -OCH3 is 1. The number of halogens is 5. The Morgan fingerprint density at radius 3 is 2.55 bits per heavy atom. The second-order valence-electron chi connectivity index (χ2n) is 5.90. The minimum atomic E-state index is -4.67. The van der Waals surface area contributed by atoms with Crippen molar-refractivity contribution in [3.8, 4) is 17.0 Å². The molecule has 0 aliphatic rings. The van der Waals surface area contributed by atoms with Gasteiger partial charge in [0.15, 0.2) is 0 Å². The fourth-order valence-corrected chi connectivity index (χ4v) is 2.85. The predicted molar refractivity (Wildman–Crippen MR) is 101 cm³/mol. The van der Waals surface area contributed by atoms with Crippen LogP contribution in [0.25, 0.3) is 11.3 Å². The highest BCUT2D eigenvalue weighted by Gasteiger charge is 2.33. The van der Waals surface area contributed by atoms with Gasteiger partial charge in [-0.2, -0.15) is 13.2 Å². The summed E-state index contributed by atoms with van der Waals surface area (Å²) in [6.45, 7) is 0. The smallest absolute Gasteiger partial charge is 0.417 e. The van der Waals surface area contributed by atoms with E-state index in [1.807, 2.05) is 0 Å². The Labute approximate surface area is 168 Å². The van der Waals surface area contributed by atoms with Crippen molar-refractivity contribution in [3.05, 3.63) is 76.7 Å². The number of nitrogens with zero attached hydrogens (tertiary/aromatic N) is 1. The molecule has 0 spiro atoms. The molecule has 0 unspecified atom stereocenters. The molecule has 0 bridgehead atoms. The number of aromatic nitrogens is 1. The maximum atomic E-state index is 14.6. The summed E-state index contributed by atoms with van der Waals surface area (Å²) in [6, 6.07) is 9.85. The number of anilines is 1. The lowest BCUT2D eigenvalue weighted by Crippen LogP contribution is -2.14. The highest BCUT2D eigenvalue weighted by Crippen LogP contribution is 2.36. The number of benzene rings is 2. The van der Waals surface area contributed by atoms with Crippen molar-refractivity contribution in [1.29, 1.82) is 0 Å². The molecule has 4 nitrogen and oxygen atoms in total. The number of nitrogens with one attached hydrogen (secondary N) is 1. The number of rotatable bonds is 4. The van der Waals surface area contributed by atoms with Gasteiger partial charge in [-0.25, -0.2) is 4.39 Å². The van der Waals surface area contributed by atoms with Gasteiger partial charge in [0.25, 0.3) is 5.91 Å². The van der Waals surface area contributed by atoms with E-state index in [4.69, 9.17) is 16.3 Å². The van der Waals surface area contributed by atoms with Crippen LogP contribution in [-0.4, -0.2) is 18.0 Å².